The Morgan fingerprint density at radius 1 is 1.00 bits per heavy atom. The molecule has 5 atom stereocenters. The minimum atomic E-state index is -0.413. The quantitative estimate of drug-likeness (QED) is 0.147. The normalized spacial score (nSPS) is 29.2. The maximum absolute atomic E-state index is 14.4. The lowest BCUT2D eigenvalue weighted by atomic mass is 9.50. The van der Waals surface area contributed by atoms with Gasteiger partial charge in [-0.2, -0.15) is 0 Å². The molecule has 1 saturated heterocycles. The van der Waals surface area contributed by atoms with Crippen molar-refractivity contribution >= 4 is 11.9 Å². The molecule has 2 bridgehead atoms. The van der Waals surface area contributed by atoms with Gasteiger partial charge in [-0.05, 0) is 100 Å². The van der Waals surface area contributed by atoms with E-state index in [1.807, 2.05) is 0 Å². The largest absolute Gasteiger partial charge is 0.508 e. The molecule has 2 heterocycles. The van der Waals surface area contributed by atoms with Crippen LogP contribution in [0.1, 0.15) is 114 Å². The minimum Gasteiger partial charge on any atom is -0.508 e. The number of carbonyl (C=O) groups excluding carboxylic acids is 2. The third kappa shape index (κ3) is 5.92. The van der Waals surface area contributed by atoms with Crippen LogP contribution in [0.5, 0.6) is 17.2 Å². The number of esters is 1. The Morgan fingerprint density at radius 2 is 1.81 bits per heavy atom. The van der Waals surface area contributed by atoms with Crippen LogP contribution in [0.15, 0.2) is 36.4 Å². The highest BCUT2D eigenvalue weighted by molar-refractivity contribution is 5.77. The second-order valence-corrected chi connectivity index (χ2v) is 16.1. The van der Waals surface area contributed by atoms with Crippen LogP contribution in [0.4, 0.5) is 0 Å². The molecule has 4 aliphatic carbocycles. The fourth-order valence-electron chi connectivity index (χ4n) is 10.7. The number of nitrogens with zero attached hydrogens (tertiary/aromatic N) is 2. The topological polar surface area (TPSA) is 79.3 Å². The lowest BCUT2D eigenvalue weighted by Gasteiger charge is -2.60. The molecule has 2 aromatic rings. The van der Waals surface area contributed by atoms with Crippen LogP contribution in [0.3, 0.4) is 0 Å². The van der Waals surface area contributed by atoms with Gasteiger partial charge in [0.25, 0.3) is 0 Å². The van der Waals surface area contributed by atoms with Gasteiger partial charge in [0.15, 0.2) is 11.5 Å². The number of unbranched alkanes of at least 4 members (excludes halogenated alkanes) is 2. The highest BCUT2D eigenvalue weighted by Gasteiger charge is 2.67. The number of likely N-dealkylation sites (tertiary alicyclic amines) is 1. The van der Waals surface area contributed by atoms with Gasteiger partial charge in [0, 0.05) is 55.1 Å². The summed E-state index contributed by atoms with van der Waals surface area (Å²) in [7, 11) is 0. The Morgan fingerprint density at radius 3 is 2.58 bits per heavy atom. The number of aromatic hydroxyl groups is 1. The molecule has 0 radical (unpaired) electrons. The number of amides is 1. The molecule has 7 heteroatoms. The van der Waals surface area contributed by atoms with E-state index in [1.54, 1.807) is 6.07 Å². The van der Waals surface area contributed by atoms with Gasteiger partial charge in [-0.3, -0.25) is 14.5 Å². The summed E-state index contributed by atoms with van der Waals surface area (Å²) in [4.78, 5) is 31.7. The molecule has 8 rings (SSSR count). The number of hydrogen-bond donors (Lipinski definition) is 1. The first kappa shape index (κ1) is 32.2. The van der Waals surface area contributed by atoms with E-state index in [0.717, 1.165) is 88.0 Å². The molecule has 7 nitrogen and oxygen atoms in total. The highest BCUT2D eigenvalue weighted by Crippen LogP contribution is 2.66. The van der Waals surface area contributed by atoms with E-state index in [4.69, 9.17) is 9.47 Å². The number of phenolic OH excluding ortho intramolecular Hbond substituents is 1. The summed E-state index contributed by atoms with van der Waals surface area (Å²) in [5.74, 6) is 2.82. The van der Waals surface area contributed by atoms with Gasteiger partial charge in [0.05, 0.1) is 6.04 Å². The maximum Gasteiger partial charge on any atom is 0.308 e. The zero-order valence-corrected chi connectivity index (χ0v) is 28.8. The number of carbonyl (C=O) groups is 2. The van der Waals surface area contributed by atoms with Crippen molar-refractivity contribution in [2.24, 2.45) is 17.8 Å². The molecule has 2 aromatic carbocycles. The van der Waals surface area contributed by atoms with Crippen molar-refractivity contribution in [3.8, 4) is 17.2 Å². The number of piperidine rings is 1. The summed E-state index contributed by atoms with van der Waals surface area (Å²) >= 11 is 0. The molecule has 258 valence electrons. The number of ether oxygens (including phenoxy) is 2. The Bertz CT molecular complexity index is 1500. The molecule has 48 heavy (non-hydrogen) atoms. The molecule has 4 fully saturated rings. The molecule has 6 aliphatic rings. The summed E-state index contributed by atoms with van der Waals surface area (Å²) in [5.41, 5.74) is 3.15. The van der Waals surface area contributed by atoms with Crippen molar-refractivity contribution < 1.29 is 24.2 Å². The molecule has 0 aromatic heterocycles. The van der Waals surface area contributed by atoms with Crippen LogP contribution in [-0.4, -0.2) is 64.6 Å². The van der Waals surface area contributed by atoms with Crippen LogP contribution in [0, 0.1) is 17.8 Å². The van der Waals surface area contributed by atoms with E-state index in [-0.39, 0.29) is 29.2 Å². The number of phenols is 1. The summed E-state index contributed by atoms with van der Waals surface area (Å²) in [5, 5.41) is 11.5. The van der Waals surface area contributed by atoms with Crippen molar-refractivity contribution in [1.82, 2.24) is 9.80 Å². The molecule has 1 amide bonds. The van der Waals surface area contributed by atoms with Gasteiger partial charge >= 0.3 is 5.97 Å². The Labute approximate surface area is 286 Å². The average molecular weight is 655 g/mol. The summed E-state index contributed by atoms with van der Waals surface area (Å²) in [6.45, 7) is 4.39. The van der Waals surface area contributed by atoms with Gasteiger partial charge < -0.3 is 19.5 Å². The Balaban J connectivity index is 1.09. The second kappa shape index (κ2) is 13.3. The van der Waals surface area contributed by atoms with Crippen molar-refractivity contribution in [3.63, 3.8) is 0 Å². The van der Waals surface area contributed by atoms with Crippen molar-refractivity contribution in [1.29, 1.82) is 0 Å². The molecular weight excluding hydrogens is 600 g/mol. The Hall–Kier alpha value is -3.06. The fourth-order valence-corrected chi connectivity index (χ4v) is 10.7. The van der Waals surface area contributed by atoms with Crippen molar-refractivity contribution in [2.45, 2.75) is 133 Å². The number of rotatable bonds is 12. The number of aryl methyl sites for hydroxylation is 1. The average Bonchev–Trinajstić information content (AvgIpc) is 3.84. The lowest BCUT2D eigenvalue weighted by molar-refractivity contribution is -0.144. The lowest BCUT2D eigenvalue weighted by Crippen LogP contribution is -2.69. The number of hydrogen-bond acceptors (Lipinski definition) is 6. The fraction of sp³-hybridized carbons (Fsp3) is 0.659. The first-order valence-electron chi connectivity index (χ1n) is 19.2. The van der Waals surface area contributed by atoms with Gasteiger partial charge in [0.1, 0.15) is 11.9 Å². The molecule has 2 aliphatic heterocycles. The van der Waals surface area contributed by atoms with Crippen LogP contribution in [0.25, 0.3) is 0 Å². The van der Waals surface area contributed by atoms with Gasteiger partial charge in [-0.15, -0.1) is 0 Å². The second-order valence-electron chi connectivity index (χ2n) is 16.1. The van der Waals surface area contributed by atoms with E-state index in [0.29, 0.717) is 35.8 Å². The summed E-state index contributed by atoms with van der Waals surface area (Å²) in [6, 6.07) is 12.6. The number of benzene rings is 2. The SMILES string of the molecule is CC(=O)Oc1cc(O)c2c3c1O[C@H]1[C@@H](N(CC4CCCCC4)C(=O)CCCCCc4ccccc4)CC[C@H]4[C@@H](C2)N(CC2CC2)CC[C@@]341. The molecule has 1 spiro atoms. The summed E-state index contributed by atoms with van der Waals surface area (Å²) < 4.78 is 12.9. The predicted octanol–water partition coefficient (Wildman–Crippen LogP) is 7.35. The van der Waals surface area contributed by atoms with Crippen molar-refractivity contribution in [2.75, 3.05) is 19.6 Å². The van der Waals surface area contributed by atoms with Gasteiger partial charge in [-0.1, -0.05) is 56.0 Å². The third-order valence-electron chi connectivity index (χ3n) is 13.0. The molecule has 0 unspecified atom stereocenters. The predicted molar refractivity (Wildman–Crippen MR) is 185 cm³/mol. The van der Waals surface area contributed by atoms with Gasteiger partial charge in [-0.25, -0.2) is 0 Å². The first-order valence-corrected chi connectivity index (χ1v) is 19.2. The van der Waals surface area contributed by atoms with Crippen LogP contribution < -0.4 is 9.47 Å². The molecular formula is C41H54N2O5. The third-order valence-corrected chi connectivity index (χ3v) is 13.0. The minimum absolute atomic E-state index is 0.0266. The van der Waals surface area contributed by atoms with Crippen LogP contribution >= 0.6 is 0 Å². The van der Waals surface area contributed by atoms with E-state index >= 15 is 0 Å². The Kier molecular flexibility index (Phi) is 8.94. The van der Waals surface area contributed by atoms with E-state index in [2.05, 4.69) is 40.1 Å². The summed E-state index contributed by atoms with van der Waals surface area (Å²) in [6.07, 6.45) is 17.1. The smallest absolute Gasteiger partial charge is 0.308 e. The zero-order valence-electron chi connectivity index (χ0n) is 28.8. The maximum atomic E-state index is 14.4. The zero-order chi connectivity index (χ0) is 32.8. The molecule has 3 saturated carbocycles. The van der Waals surface area contributed by atoms with Gasteiger partial charge in [0.2, 0.25) is 5.91 Å². The van der Waals surface area contributed by atoms with E-state index in [1.165, 1.54) is 57.4 Å². The highest BCUT2D eigenvalue weighted by atomic mass is 16.6. The van der Waals surface area contributed by atoms with Crippen LogP contribution in [-0.2, 0) is 27.8 Å². The molecule has 1 N–H and O–H groups in total. The monoisotopic (exact) mass is 654 g/mol. The van der Waals surface area contributed by atoms with E-state index < -0.39 is 5.97 Å². The first-order chi connectivity index (χ1) is 23.4. The van der Waals surface area contributed by atoms with Crippen LogP contribution in [0.2, 0.25) is 0 Å². The van der Waals surface area contributed by atoms with Crippen molar-refractivity contribution in [3.05, 3.63) is 53.1 Å². The standard InChI is InChI=1S/C41H54N2O5/c1-27(44)47-36-24-35(45)31-23-34-32-19-20-33(40-41(32,38(31)39(36)48-40)21-22-42(34)25-30-17-18-30)43(26-29-14-8-3-9-15-29)37(46)16-10-4-7-13-28-11-5-2-6-12-28/h2,5-6,11-12,24,29-30,32-34,40,45H,3-4,7-10,13-23,25-26H2,1H3/t32-,33-,34+,40-,41-/m0/s1. The van der Waals surface area contributed by atoms with E-state index in [9.17, 15) is 14.7 Å².